The number of pyridine rings is 2. The Morgan fingerprint density at radius 2 is 1.68 bits per heavy atom. The van der Waals surface area contributed by atoms with Gasteiger partial charge in [0.2, 0.25) is 0 Å². The number of fused-ring (bicyclic) bond motifs is 1. The van der Waals surface area contributed by atoms with Crippen molar-refractivity contribution < 1.29 is 0 Å². The monoisotopic (exact) mass is 328 g/mol. The van der Waals surface area contributed by atoms with Gasteiger partial charge in [0.25, 0.3) is 5.56 Å². The molecule has 1 aliphatic rings. The van der Waals surface area contributed by atoms with Crippen molar-refractivity contribution in [2.45, 2.75) is 26.3 Å². The molecule has 124 valence electrons. The molecular formula is C22H20N2O. The predicted octanol–water partition coefficient (Wildman–Crippen LogP) is 4.26. The van der Waals surface area contributed by atoms with Crippen LogP contribution in [0.2, 0.25) is 0 Å². The van der Waals surface area contributed by atoms with E-state index in [0.717, 1.165) is 33.7 Å². The van der Waals surface area contributed by atoms with Crippen molar-refractivity contribution in [2.24, 2.45) is 0 Å². The molecule has 4 rings (SSSR count). The van der Waals surface area contributed by atoms with Crippen molar-refractivity contribution in [2.75, 3.05) is 0 Å². The third-order valence-corrected chi connectivity index (χ3v) is 4.84. The van der Waals surface area contributed by atoms with E-state index in [-0.39, 0.29) is 5.56 Å². The van der Waals surface area contributed by atoms with Gasteiger partial charge in [0.05, 0.1) is 16.9 Å². The first-order chi connectivity index (χ1) is 12.0. The van der Waals surface area contributed by atoms with E-state index < -0.39 is 5.54 Å². The Morgan fingerprint density at radius 1 is 0.960 bits per heavy atom. The van der Waals surface area contributed by atoms with Crippen molar-refractivity contribution in [3.63, 3.8) is 0 Å². The highest BCUT2D eigenvalue weighted by Crippen LogP contribution is 2.47. The summed E-state index contributed by atoms with van der Waals surface area (Å²) in [5.41, 5.74) is 5.68. The van der Waals surface area contributed by atoms with Crippen molar-refractivity contribution in [1.29, 1.82) is 0 Å². The summed E-state index contributed by atoms with van der Waals surface area (Å²) in [5.74, 6) is 0. The number of aromatic nitrogens is 2. The van der Waals surface area contributed by atoms with E-state index in [1.165, 1.54) is 0 Å². The molecule has 0 radical (unpaired) electrons. The SMILES string of the molecule is Cc1cc2n(c(=O)c1)C(C)(C)C(c1ccccn1)=C2c1ccccc1. The molecule has 0 aliphatic carbocycles. The predicted molar refractivity (Wildman–Crippen MR) is 101 cm³/mol. The fraction of sp³-hybridized carbons (Fsp3) is 0.182. The summed E-state index contributed by atoms with van der Waals surface area (Å²) in [6.07, 6.45) is 1.80. The summed E-state index contributed by atoms with van der Waals surface area (Å²) in [4.78, 5) is 17.4. The van der Waals surface area contributed by atoms with Gasteiger partial charge < -0.3 is 0 Å². The molecule has 0 bridgehead atoms. The third-order valence-electron chi connectivity index (χ3n) is 4.84. The maximum absolute atomic E-state index is 12.8. The van der Waals surface area contributed by atoms with E-state index in [4.69, 9.17) is 0 Å². The molecule has 0 saturated heterocycles. The first kappa shape index (κ1) is 15.6. The van der Waals surface area contributed by atoms with Crippen LogP contribution in [0.5, 0.6) is 0 Å². The summed E-state index contributed by atoms with van der Waals surface area (Å²) in [6, 6.07) is 20.0. The molecule has 0 unspecified atom stereocenters. The zero-order valence-corrected chi connectivity index (χ0v) is 14.7. The highest BCUT2D eigenvalue weighted by Gasteiger charge is 2.40. The summed E-state index contributed by atoms with van der Waals surface area (Å²) in [6.45, 7) is 6.15. The Hall–Kier alpha value is -2.94. The van der Waals surface area contributed by atoms with Gasteiger partial charge in [-0.05, 0) is 50.1 Å². The standard InChI is InChI=1S/C22H20N2O/c1-15-13-18-20(16-9-5-4-6-10-16)21(17-11-7-8-12-23-17)22(2,3)24(18)19(25)14-15/h4-14H,1-3H3. The molecular weight excluding hydrogens is 308 g/mol. The minimum absolute atomic E-state index is 0.0272. The molecule has 3 nitrogen and oxygen atoms in total. The van der Waals surface area contributed by atoms with Crippen LogP contribution in [0, 0.1) is 6.92 Å². The van der Waals surface area contributed by atoms with Crippen LogP contribution < -0.4 is 5.56 Å². The fourth-order valence-corrected chi connectivity index (χ4v) is 3.86. The largest absolute Gasteiger partial charge is 0.298 e. The second-order valence-electron chi connectivity index (χ2n) is 6.98. The molecule has 0 saturated carbocycles. The lowest BCUT2D eigenvalue weighted by molar-refractivity contribution is 0.465. The Labute approximate surface area is 147 Å². The number of benzene rings is 1. The topological polar surface area (TPSA) is 34.9 Å². The number of hydrogen-bond donors (Lipinski definition) is 0. The number of aryl methyl sites for hydroxylation is 1. The third kappa shape index (κ3) is 2.35. The summed E-state index contributed by atoms with van der Waals surface area (Å²) < 4.78 is 1.90. The van der Waals surface area contributed by atoms with Crippen molar-refractivity contribution in [3.8, 4) is 0 Å². The van der Waals surface area contributed by atoms with E-state index in [1.54, 1.807) is 12.3 Å². The van der Waals surface area contributed by atoms with E-state index in [1.807, 2.05) is 47.9 Å². The maximum atomic E-state index is 12.8. The van der Waals surface area contributed by atoms with Crippen LogP contribution in [0.3, 0.4) is 0 Å². The average Bonchev–Trinajstić information content (AvgIpc) is 2.83. The van der Waals surface area contributed by atoms with Gasteiger partial charge in [-0.1, -0.05) is 36.4 Å². The quantitative estimate of drug-likeness (QED) is 0.704. The molecule has 3 aromatic rings. The van der Waals surface area contributed by atoms with E-state index in [2.05, 4.69) is 37.0 Å². The number of allylic oxidation sites excluding steroid dienone is 1. The highest BCUT2D eigenvalue weighted by molar-refractivity contribution is 6.02. The van der Waals surface area contributed by atoms with Gasteiger partial charge in [-0.3, -0.25) is 14.3 Å². The molecule has 1 aliphatic heterocycles. The Morgan fingerprint density at radius 3 is 2.36 bits per heavy atom. The minimum Gasteiger partial charge on any atom is -0.298 e. The van der Waals surface area contributed by atoms with Crippen LogP contribution in [-0.2, 0) is 5.54 Å². The zero-order chi connectivity index (χ0) is 17.6. The number of rotatable bonds is 2. The Kier molecular flexibility index (Phi) is 3.46. The molecule has 1 aromatic carbocycles. The van der Waals surface area contributed by atoms with Crippen molar-refractivity contribution in [1.82, 2.24) is 9.55 Å². The molecule has 2 aromatic heterocycles. The normalized spacial score (nSPS) is 15.3. The average molecular weight is 328 g/mol. The molecule has 25 heavy (non-hydrogen) atoms. The van der Waals surface area contributed by atoms with Crippen LogP contribution in [-0.4, -0.2) is 9.55 Å². The van der Waals surface area contributed by atoms with Gasteiger partial charge in [-0.15, -0.1) is 0 Å². The van der Waals surface area contributed by atoms with E-state index in [9.17, 15) is 4.79 Å². The van der Waals surface area contributed by atoms with Gasteiger partial charge in [0, 0.05) is 23.4 Å². The number of nitrogens with zero attached hydrogens (tertiary/aromatic N) is 2. The van der Waals surface area contributed by atoms with E-state index in [0.29, 0.717) is 0 Å². The van der Waals surface area contributed by atoms with Crippen LogP contribution in [0.1, 0.15) is 36.4 Å². The second-order valence-corrected chi connectivity index (χ2v) is 6.98. The smallest absolute Gasteiger partial charge is 0.252 e. The number of hydrogen-bond acceptors (Lipinski definition) is 2. The lowest BCUT2D eigenvalue weighted by Gasteiger charge is -2.26. The van der Waals surface area contributed by atoms with Gasteiger partial charge >= 0.3 is 0 Å². The van der Waals surface area contributed by atoms with Gasteiger partial charge in [-0.2, -0.15) is 0 Å². The van der Waals surface area contributed by atoms with Gasteiger partial charge in [0.1, 0.15) is 0 Å². The van der Waals surface area contributed by atoms with Crippen molar-refractivity contribution in [3.05, 3.63) is 99.7 Å². The summed E-state index contributed by atoms with van der Waals surface area (Å²) in [7, 11) is 0. The molecule has 0 atom stereocenters. The summed E-state index contributed by atoms with van der Waals surface area (Å²) in [5, 5.41) is 0. The highest BCUT2D eigenvalue weighted by atomic mass is 16.1. The van der Waals surface area contributed by atoms with Crippen LogP contribution >= 0.6 is 0 Å². The first-order valence-corrected chi connectivity index (χ1v) is 8.46. The Bertz CT molecular complexity index is 1030. The second kappa shape index (κ2) is 5.55. The van der Waals surface area contributed by atoms with Crippen LogP contribution in [0.15, 0.2) is 71.7 Å². The first-order valence-electron chi connectivity index (χ1n) is 8.46. The van der Waals surface area contributed by atoms with Gasteiger partial charge in [-0.25, -0.2) is 0 Å². The fourth-order valence-electron chi connectivity index (χ4n) is 3.86. The zero-order valence-electron chi connectivity index (χ0n) is 14.7. The molecule has 3 heteroatoms. The van der Waals surface area contributed by atoms with Crippen LogP contribution in [0.4, 0.5) is 0 Å². The van der Waals surface area contributed by atoms with Crippen molar-refractivity contribution >= 4 is 11.1 Å². The Balaban J connectivity index is 2.14. The molecule has 0 amide bonds. The summed E-state index contributed by atoms with van der Waals surface area (Å²) >= 11 is 0. The lowest BCUT2D eigenvalue weighted by Crippen LogP contribution is -2.35. The maximum Gasteiger partial charge on any atom is 0.252 e. The molecule has 3 heterocycles. The molecule has 0 spiro atoms. The minimum atomic E-state index is -0.473. The molecule has 0 N–H and O–H groups in total. The lowest BCUT2D eigenvalue weighted by atomic mass is 9.87. The molecule has 0 fully saturated rings. The van der Waals surface area contributed by atoms with Gasteiger partial charge in [0.15, 0.2) is 0 Å². The van der Waals surface area contributed by atoms with E-state index >= 15 is 0 Å². The van der Waals surface area contributed by atoms with Crippen LogP contribution in [0.25, 0.3) is 11.1 Å².